The van der Waals surface area contributed by atoms with Crippen LogP contribution in [0.15, 0.2) is 12.1 Å². The van der Waals surface area contributed by atoms with Crippen molar-refractivity contribution in [2.45, 2.75) is 37.8 Å². The first kappa shape index (κ1) is 12.7. The summed E-state index contributed by atoms with van der Waals surface area (Å²) in [7, 11) is 0. The summed E-state index contributed by atoms with van der Waals surface area (Å²) in [5.41, 5.74) is 0.279. The summed E-state index contributed by atoms with van der Waals surface area (Å²) in [6.45, 7) is 0.866. The Balaban J connectivity index is 1.75. The molecule has 1 aromatic rings. The normalized spacial score (nSPS) is 29.6. The van der Waals surface area contributed by atoms with Crippen LogP contribution < -0.4 is 5.32 Å². The van der Waals surface area contributed by atoms with Crippen LogP contribution in [0.5, 0.6) is 0 Å². The largest absolute Gasteiger partial charge is 0.378 e. The molecule has 4 nitrogen and oxygen atoms in total. The van der Waals surface area contributed by atoms with E-state index in [9.17, 15) is 0 Å². The maximum absolute atomic E-state index is 8.95. The molecule has 2 aliphatic rings. The van der Waals surface area contributed by atoms with Crippen LogP contribution in [-0.4, -0.2) is 23.7 Å². The van der Waals surface area contributed by atoms with Gasteiger partial charge in [-0.15, -0.1) is 0 Å². The van der Waals surface area contributed by atoms with Gasteiger partial charge in [0.15, 0.2) is 5.69 Å². The zero-order valence-corrected chi connectivity index (χ0v) is 11.4. The van der Waals surface area contributed by atoms with Crippen LogP contribution in [0, 0.1) is 17.2 Å². The van der Waals surface area contributed by atoms with Gasteiger partial charge in [-0.25, -0.2) is 4.98 Å². The Bertz CT molecular complexity index is 514. The lowest BCUT2D eigenvalue weighted by molar-refractivity contribution is 0.0619. The highest BCUT2D eigenvalue weighted by molar-refractivity contribution is 6.31. The van der Waals surface area contributed by atoms with E-state index < -0.39 is 0 Å². The van der Waals surface area contributed by atoms with Crippen molar-refractivity contribution in [1.29, 1.82) is 5.26 Å². The van der Waals surface area contributed by atoms with E-state index in [1.54, 1.807) is 6.07 Å². The van der Waals surface area contributed by atoms with E-state index in [0.717, 1.165) is 25.3 Å². The first-order valence-electron chi connectivity index (χ1n) is 6.72. The summed E-state index contributed by atoms with van der Waals surface area (Å²) >= 11 is 5.90. The Labute approximate surface area is 117 Å². The van der Waals surface area contributed by atoms with Gasteiger partial charge in [-0.2, -0.15) is 5.26 Å². The number of hydrogen-bond donors (Lipinski definition) is 1. The second-order valence-corrected chi connectivity index (χ2v) is 5.59. The predicted molar refractivity (Wildman–Crippen MR) is 73.1 cm³/mol. The fraction of sp³-hybridized carbons (Fsp3) is 0.571. The molecule has 100 valence electrons. The van der Waals surface area contributed by atoms with Gasteiger partial charge in [0.05, 0.1) is 11.1 Å². The minimum atomic E-state index is 0.279. The Morgan fingerprint density at radius 3 is 3.11 bits per heavy atom. The van der Waals surface area contributed by atoms with Gasteiger partial charge >= 0.3 is 0 Å². The number of nitrogens with zero attached hydrogens (tertiary/aromatic N) is 2. The number of nitriles is 1. The van der Waals surface area contributed by atoms with Crippen LogP contribution in [-0.2, 0) is 4.74 Å². The summed E-state index contributed by atoms with van der Waals surface area (Å²) in [5, 5.41) is 12.8. The average molecular weight is 278 g/mol. The number of anilines is 1. The smallest absolute Gasteiger partial charge is 0.161 e. The summed E-state index contributed by atoms with van der Waals surface area (Å²) in [6.07, 6.45) is 4.99. The molecule has 19 heavy (non-hydrogen) atoms. The second kappa shape index (κ2) is 5.36. The number of aromatic nitrogens is 1. The van der Waals surface area contributed by atoms with Gasteiger partial charge < -0.3 is 10.1 Å². The number of pyridine rings is 1. The van der Waals surface area contributed by atoms with E-state index in [1.807, 2.05) is 12.1 Å². The van der Waals surface area contributed by atoms with Crippen LogP contribution in [0.3, 0.4) is 0 Å². The topological polar surface area (TPSA) is 57.9 Å². The van der Waals surface area contributed by atoms with Gasteiger partial charge in [-0.3, -0.25) is 0 Å². The van der Waals surface area contributed by atoms with E-state index in [2.05, 4.69) is 10.3 Å². The van der Waals surface area contributed by atoms with E-state index in [0.29, 0.717) is 23.1 Å². The van der Waals surface area contributed by atoms with Crippen LogP contribution in [0.4, 0.5) is 5.82 Å². The van der Waals surface area contributed by atoms with Crippen molar-refractivity contribution >= 4 is 17.4 Å². The molecule has 0 radical (unpaired) electrons. The monoisotopic (exact) mass is 277 g/mol. The number of ether oxygens (including phenoxy) is 1. The fourth-order valence-corrected chi connectivity index (χ4v) is 3.29. The molecule has 1 N–H and O–H groups in total. The number of rotatable bonds is 2. The number of halogens is 1. The fourth-order valence-electron chi connectivity index (χ4n) is 3.15. The standard InChI is InChI=1S/C14H16ClN3O/c15-10-4-5-14(18-12(10)8-16)17-11-2-1-3-13-9(11)6-7-19-13/h4-5,9,11,13H,1-3,6-7H2,(H,17,18). The van der Waals surface area contributed by atoms with Crippen LogP contribution in [0.2, 0.25) is 5.02 Å². The van der Waals surface area contributed by atoms with E-state index in [-0.39, 0.29) is 5.69 Å². The molecule has 3 rings (SSSR count). The van der Waals surface area contributed by atoms with E-state index >= 15 is 0 Å². The van der Waals surface area contributed by atoms with Crippen molar-refractivity contribution in [2.24, 2.45) is 5.92 Å². The molecule has 0 bridgehead atoms. The molecule has 3 atom stereocenters. The lowest BCUT2D eigenvalue weighted by Gasteiger charge is -2.33. The molecule has 3 unspecified atom stereocenters. The highest BCUT2D eigenvalue weighted by atomic mass is 35.5. The molecule has 1 aliphatic heterocycles. The Hall–Kier alpha value is -1.31. The lowest BCUT2D eigenvalue weighted by Crippen LogP contribution is -2.38. The first-order valence-corrected chi connectivity index (χ1v) is 7.10. The number of hydrogen-bond acceptors (Lipinski definition) is 4. The van der Waals surface area contributed by atoms with Gasteiger partial charge in [0.1, 0.15) is 11.9 Å². The SMILES string of the molecule is N#Cc1nc(NC2CCCC3OCCC23)ccc1Cl. The molecule has 0 amide bonds. The van der Waals surface area contributed by atoms with E-state index in [1.165, 1.54) is 12.8 Å². The molecule has 5 heteroatoms. The molecular weight excluding hydrogens is 262 g/mol. The highest BCUT2D eigenvalue weighted by Gasteiger charge is 2.37. The Morgan fingerprint density at radius 1 is 1.37 bits per heavy atom. The first-order chi connectivity index (χ1) is 9.28. The third kappa shape index (κ3) is 2.54. The minimum Gasteiger partial charge on any atom is -0.378 e. The molecule has 0 aromatic carbocycles. The third-order valence-electron chi connectivity index (χ3n) is 4.07. The quantitative estimate of drug-likeness (QED) is 0.903. The molecular formula is C14H16ClN3O. The lowest BCUT2D eigenvalue weighted by atomic mass is 9.82. The summed E-state index contributed by atoms with van der Waals surface area (Å²) < 4.78 is 5.75. The Kier molecular flexibility index (Phi) is 3.58. The minimum absolute atomic E-state index is 0.279. The van der Waals surface area contributed by atoms with Crippen molar-refractivity contribution in [1.82, 2.24) is 4.98 Å². The van der Waals surface area contributed by atoms with Gasteiger partial charge in [0, 0.05) is 18.6 Å². The molecule has 0 spiro atoms. The summed E-state index contributed by atoms with van der Waals surface area (Å²) in [6, 6.07) is 5.96. The second-order valence-electron chi connectivity index (χ2n) is 5.18. The zero-order valence-electron chi connectivity index (χ0n) is 10.6. The van der Waals surface area contributed by atoms with Gasteiger partial charge in [-0.05, 0) is 37.8 Å². The highest BCUT2D eigenvalue weighted by Crippen LogP contribution is 2.35. The molecule has 1 saturated heterocycles. The maximum atomic E-state index is 8.95. The van der Waals surface area contributed by atoms with Crippen molar-refractivity contribution in [3.8, 4) is 6.07 Å². The number of nitrogens with one attached hydrogen (secondary N) is 1. The predicted octanol–water partition coefficient (Wildman–Crippen LogP) is 2.98. The molecule has 1 aromatic heterocycles. The average Bonchev–Trinajstić information content (AvgIpc) is 2.90. The van der Waals surface area contributed by atoms with Crippen molar-refractivity contribution in [3.63, 3.8) is 0 Å². The summed E-state index contributed by atoms with van der Waals surface area (Å²) in [5.74, 6) is 1.30. The van der Waals surface area contributed by atoms with Crippen molar-refractivity contribution < 1.29 is 4.74 Å². The van der Waals surface area contributed by atoms with Crippen LogP contribution >= 0.6 is 11.6 Å². The van der Waals surface area contributed by atoms with Gasteiger partial charge in [0.2, 0.25) is 0 Å². The molecule has 2 heterocycles. The van der Waals surface area contributed by atoms with Gasteiger partial charge in [0.25, 0.3) is 0 Å². The Morgan fingerprint density at radius 2 is 2.26 bits per heavy atom. The van der Waals surface area contributed by atoms with Gasteiger partial charge in [-0.1, -0.05) is 11.6 Å². The number of fused-ring (bicyclic) bond motifs is 1. The summed E-state index contributed by atoms with van der Waals surface area (Å²) in [4.78, 5) is 4.25. The van der Waals surface area contributed by atoms with Crippen molar-refractivity contribution in [2.75, 3.05) is 11.9 Å². The maximum Gasteiger partial charge on any atom is 0.161 e. The molecule has 1 aliphatic carbocycles. The zero-order chi connectivity index (χ0) is 13.2. The van der Waals surface area contributed by atoms with E-state index in [4.69, 9.17) is 21.6 Å². The van der Waals surface area contributed by atoms with Crippen LogP contribution in [0.25, 0.3) is 0 Å². The van der Waals surface area contributed by atoms with Crippen molar-refractivity contribution in [3.05, 3.63) is 22.8 Å². The molecule has 1 saturated carbocycles. The third-order valence-corrected chi connectivity index (χ3v) is 4.37. The van der Waals surface area contributed by atoms with Crippen LogP contribution in [0.1, 0.15) is 31.4 Å². The molecule has 2 fully saturated rings.